The highest BCUT2D eigenvalue weighted by molar-refractivity contribution is 6.74. The quantitative estimate of drug-likeness (QED) is 0.144. The molecule has 0 aromatic heterocycles. The standard InChI is InChI=1S/C33H55N3O6Si2/c1-11-25-18-20-26(21-19-25)24(8)34-30(37)28-22-27(41-43(12-2,13-3)14-4)23-36(28)31(38)29(35-32(39)40)33(9,10)42-44(15-5,16-6)17-7/h1,18-21,24,27-29,35H,12-17,22-23H2,2-10H3,(H,34,37)(H,39,40)/t24-,27+,28-,29+/m0/s1. The van der Waals surface area contributed by atoms with E-state index in [2.05, 4.69) is 58.1 Å². The molecular formula is C33H55N3O6Si2. The normalized spacial score (nSPS) is 18.8. The van der Waals surface area contributed by atoms with Crippen LogP contribution in [0.3, 0.4) is 0 Å². The molecule has 11 heteroatoms. The maximum Gasteiger partial charge on any atom is 0.405 e. The summed E-state index contributed by atoms with van der Waals surface area (Å²) in [5, 5.41) is 15.4. The minimum Gasteiger partial charge on any atom is -0.465 e. The molecule has 1 saturated heterocycles. The van der Waals surface area contributed by atoms with E-state index >= 15 is 0 Å². The molecule has 1 fully saturated rings. The van der Waals surface area contributed by atoms with E-state index < -0.39 is 46.3 Å². The lowest BCUT2D eigenvalue weighted by molar-refractivity contribution is -0.144. The number of terminal acetylenes is 1. The zero-order valence-corrected chi connectivity index (χ0v) is 30.3. The van der Waals surface area contributed by atoms with E-state index in [1.54, 1.807) is 13.8 Å². The van der Waals surface area contributed by atoms with E-state index in [0.717, 1.165) is 47.4 Å². The Morgan fingerprint density at radius 2 is 1.50 bits per heavy atom. The van der Waals surface area contributed by atoms with Gasteiger partial charge in [0.1, 0.15) is 12.1 Å². The van der Waals surface area contributed by atoms with Gasteiger partial charge in [-0.3, -0.25) is 9.59 Å². The van der Waals surface area contributed by atoms with Gasteiger partial charge in [-0.05, 0) is 74.7 Å². The molecule has 1 heterocycles. The topological polar surface area (TPSA) is 117 Å². The summed E-state index contributed by atoms with van der Waals surface area (Å²) in [6, 6.07) is 10.4. The van der Waals surface area contributed by atoms with Crippen LogP contribution in [0.15, 0.2) is 24.3 Å². The van der Waals surface area contributed by atoms with Gasteiger partial charge in [-0.2, -0.15) is 0 Å². The maximum absolute atomic E-state index is 14.4. The predicted octanol–water partition coefficient (Wildman–Crippen LogP) is 6.27. The Balaban J connectivity index is 2.48. The van der Waals surface area contributed by atoms with Gasteiger partial charge in [0.15, 0.2) is 16.6 Å². The van der Waals surface area contributed by atoms with Gasteiger partial charge in [0.25, 0.3) is 0 Å². The number of benzene rings is 1. The second kappa shape index (κ2) is 16.1. The van der Waals surface area contributed by atoms with E-state index in [9.17, 15) is 19.5 Å². The van der Waals surface area contributed by atoms with Gasteiger partial charge in [-0.1, -0.05) is 59.6 Å². The molecule has 3 amide bonds. The van der Waals surface area contributed by atoms with Crippen LogP contribution < -0.4 is 10.6 Å². The van der Waals surface area contributed by atoms with Crippen molar-refractivity contribution in [2.75, 3.05) is 6.54 Å². The zero-order valence-electron chi connectivity index (χ0n) is 28.3. The van der Waals surface area contributed by atoms with Crippen LogP contribution in [0, 0.1) is 12.3 Å². The summed E-state index contributed by atoms with van der Waals surface area (Å²) < 4.78 is 13.5. The summed E-state index contributed by atoms with van der Waals surface area (Å²) in [7, 11) is -4.29. The molecule has 1 aliphatic rings. The van der Waals surface area contributed by atoms with E-state index in [1.807, 2.05) is 31.2 Å². The Morgan fingerprint density at radius 3 is 1.95 bits per heavy atom. The first-order valence-corrected chi connectivity index (χ1v) is 21.3. The Labute approximate surface area is 267 Å². The third-order valence-electron chi connectivity index (χ3n) is 9.76. The number of nitrogens with zero attached hydrogens (tertiary/aromatic N) is 1. The summed E-state index contributed by atoms with van der Waals surface area (Å²) in [6.45, 7) is 18.4. The third kappa shape index (κ3) is 8.96. The van der Waals surface area contributed by atoms with Crippen LogP contribution in [0.5, 0.6) is 0 Å². The summed E-state index contributed by atoms with van der Waals surface area (Å²) in [4.78, 5) is 41.9. The van der Waals surface area contributed by atoms with Gasteiger partial charge >= 0.3 is 6.09 Å². The molecule has 0 aliphatic carbocycles. The number of hydrogen-bond donors (Lipinski definition) is 3. The molecular weight excluding hydrogens is 591 g/mol. The average Bonchev–Trinajstić information content (AvgIpc) is 3.44. The number of nitrogens with one attached hydrogen (secondary N) is 2. The minimum absolute atomic E-state index is 0.211. The van der Waals surface area contributed by atoms with E-state index in [-0.39, 0.29) is 24.6 Å². The Bertz CT molecular complexity index is 1140. The fourth-order valence-corrected chi connectivity index (χ4v) is 12.4. The molecule has 4 atom stereocenters. The fraction of sp³-hybridized carbons (Fsp3) is 0.667. The van der Waals surface area contributed by atoms with Crippen LogP contribution in [0.4, 0.5) is 4.79 Å². The number of rotatable bonds is 16. The van der Waals surface area contributed by atoms with Crippen molar-refractivity contribution in [2.24, 2.45) is 0 Å². The van der Waals surface area contributed by atoms with Crippen molar-refractivity contribution in [2.45, 2.75) is 135 Å². The van der Waals surface area contributed by atoms with Gasteiger partial charge in [0.05, 0.1) is 17.7 Å². The molecule has 2 rings (SSSR count). The largest absolute Gasteiger partial charge is 0.465 e. The lowest BCUT2D eigenvalue weighted by Crippen LogP contribution is -2.63. The van der Waals surface area contributed by atoms with Gasteiger partial charge in [-0.15, -0.1) is 6.42 Å². The smallest absolute Gasteiger partial charge is 0.405 e. The maximum atomic E-state index is 14.4. The Morgan fingerprint density at radius 1 is 0.977 bits per heavy atom. The summed E-state index contributed by atoms with van der Waals surface area (Å²) >= 11 is 0. The van der Waals surface area contributed by atoms with Gasteiger partial charge in [-0.25, -0.2) is 4.79 Å². The molecule has 0 radical (unpaired) electrons. The lowest BCUT2D eigenvalue weighted by atomic mass is 9.97. The third-order valence-corrected chi connectivity index (χ3v) is 19.3. The number of amides is 3. The molecule has 1 aromatic carbocycles. The number of hydrogen-bond acceptors (Lipinski definition) is 5. The SMILES string of the molecule is C#Cc1ccc([C@H](C)NC(=O)[C@@H]2C[C@@H](O[Si](CC)(CC)CC)CN2C(=O)[C@@H](NC(=O)O)C(C)(C)O[Si](CC)(CC)CC)cc1. The highest BCUT2D eigenvalue weighted by Gasteiger charge is 2.50. The van der Waals surface area contributed by atoms with Crippen molar-refractivity contribution >= 4 is 34.5 Å². The van der Waals surface area contributed by atoms with E-state index in [4.69, 9.17) is 15.3 Å². The summed E-state index contributed by atoms with van der Waals surface area (Å²) in [6.07, 6.45) is 4.20. The minimum atomic E-state index is -2.23. The van der Waals surface area contributed by atoms with Crippen molar-refractivity contribution < 1.29 is 28.3 Å². The van der Waals surface area contributed by atoms with Gasteiger partial charge in [0.2, 0.25) is 11.8 Å². The fourth-order valence-electron chi connectivity index (χ4n) is 6.40. The van der Waals surface area contributed by atoms with Crippen LogP contribution in [0.1, 0.15) is 85.9 Å². The first-order chi connectivity index (χ1) is 20.7. The van der Waals surface area contributed by atoms with Crippen molar-refractivity contribution in [3.63, 3.8) is 0 Å². The van der Waals surface area contributed by atoms with Crippen LogP contribution in [0.2, 0.25) is 36.3 Å². The lowest BCUT2D eigenvalue weighted by Gasteiger charge is -2.43. The Kier molecular flexibility index (Phi) is 13.7. The number of likely N-dealkylation sites (tertiary alicyclic amines) is 1. The molecule has 0 bridgehead atoms. The summed E-state index contributed by atoms with van der Waals surface area (Å²) in [5.41, 5.74) is 0.499. The molecule has 1 aliphatic heterocycles. The number of carboxylic acid groups (broad SMARTS) is 1. The molecule has 0 spiro atoms. The average molecular weight is 646 g/mol. The summed E-state index contributed by atoms with van der Waals surface area (Å²) in [5.74, 6) is 1.82. The van der Waals surface area contributed by atoms with Gasteiger partial charge < -0.3 is 29.5 Å². The van der Waals surface area contributed by atoms with Crippen LogP contribution >= 0.6 is 0 Å². The molecule has 0 unspecified atom stereocenters. The van der Waals surface area contributed by atoms with Crippen LogP contribution in [-0.4, -0.2) is 74.9 Å². The monoisotopic (exact) mass is 645 g/mol. The predicted molar refractivity (Wildman–Crippen MR) is 180 cm³/mol. The second-order valence-corrected chi connectivity index (χ2v) is 22.0. The van der Waals surface area contributed by atoms with E-state index in [0.29, 0.717) is 6.42 Å². The second-order valence-electron chi connectivity index (χ2n) is 12.6. The highest BCUT2D eigenvalue weighted by Crippen LogP contribution is 2.34. The van der Waals surface area contributed by atoms with Crippen molar-refractivity contribution in [1.82, 2.24) is 15.5 Å². The van der Waals surface area contributed by atoms with E-state index in [1.165, 1.54) is 4.90 Å². The molecule has 44 heavy (non-hydrogen) atoms. The zero-order chi connectivity index (χ0) is 33.3. The molecule has 1 aromatic rings. The van der Waals surface area contributed by atoms with Crippen molar-refractivity contribution in [3.05, 3.63) is 35.4 Å². The van der Waals surface area contributed by atoms with Crippen LogP contribution in [0.25, 0.3) is 0 Å². The molecule has 0 saturated carbocycles. The number of carbonyl (C=O) groups is 3. The first-order valence-electron chi connectivity index (χ1n) is 16.2. The van der Waals surface area contributed by atoms with Crippen molar-refractivity contribution in [1.29, 1.82) is 0 Å². The van der Waals surface area contributed by atoms with Crippen molar-refractivity contribution in [3.8, 4) is 12.3 Å². The molecule has 3 N–H and O–H groups in total. The highest BCUT2D eigenvalue weighted by atomic mass is 28.4. The Hall–Kier alpha value is -2.66. The first kappa shape index (κ1) is 37.5. The molecule has 246 valence electrons. The number of carbonyl (C=O) groups excluding carboxylic acids is 2. The van der Waals surface area contributed by atoms with Gasteiger partial charge in [0, 0.05) is 18.5 Å². The molecule has 9 nitrogen and oxygen atoms in total. The van der Waals surface area contributed by atoms with Crippen LogP contribution in [-0.2, 0) is 18.4 Å².